The third kappa shape index (κ3) is 3.72. The highest BCUT2D eigenvalue weighted by Gasteiger charge is 2.10. The van der Waals surface area contributed by atoms with Crippen molar-refractivity contribution >= 4 is 33.7 Å². The summed E-state index contributed by atoms with van der Waals surface area (Å²) in [6.45, 7) is 0. The summed E-state index contributed by atoms with van der Waals surface area (Å²) in [5, 5.41) is 9.49. The Balaban J connectivity index is 1.71. The van der Waals surface area contributed by atoms with Crippen LogP contribution in [0.15, 0.2) is 53.3 Å². The Labute approximate surface area is 140 Å². The number of aromatic nitrogens is 4. The van der Waals surface area contributed by atoms with Crippen LogP contribution >= 0.6 is 15.9 Å². The Morgan fingerprint density at radius 3 is 2.52 bits per heavy atom. The number of carbonyl (C=O) groups excluding carboxylic acids is 1. The van der Waals surface area contributed by atoms with Gasteiger partial charge in [-0.15, -0.1) is 0 Å². The Bertz CT molecular complexity index is 816. The lowest BCUT2D eigenvalue weighted by Crippen LogP contribution is -2.21. The number of benzene rings is 1. The lowest BCUT2D eigenvalue weighted by molar-refractivity contribution is 0.262. The molecule has 3 rings (SSSR count). The van der Waals surface area contributed by atoms with Crippen molar-refractivity contribution in [3.8, 4) is 11.3 Å². The molecule has 0 fully saturated rings. The average molecular weight is 373 g/mol. The van der Waals surface area contributed by atoms with Gasteiger partial charge in [0.1, 0.15) is 0 Å². The molecule has 116 valence electrons. The molecule has 0 saturated heterocycles. The summed E-state index contributed by atoms with van der Waals surface area (Å²) in [6, 6.07) is 11.2. The monoisotopic (exact) mass is 372 g/mol. The minimum Gasteiger partial charge on any atom is -0.290 e. The minimum absolute atomic E-state index is 0.213. The fraction of sp³-hybridized carbons (Fsp3) is 0.0667. The van der Waals surface area contributed by atoms with Crippen molar-refractivity contribution in [3.63, 3.8) is 0 Å². The van der Waals surface area contributed by atoms with E-state index in [-0.39, 0.29) is 5.95 Å². The summed E-state index contributed by atoms with van der Waals surface area (Å²) in [4.78, 5) is 19.9. The summed E-state index contributed by atoms with van der Waals surface area (Å²) in [5.41, 5.74) is 1.92. The van der Waals surface area contributed by atoms with Crippen molar-refractivity contribution in [2.75, 3.05) is 10.6 Å². The first kappa shape index (κ1) is 15.2. The number of amides is 2. The Kier molecular flexibility index (Phi) is 4.33. The summed E-state index contributed by atoms with van der Waals surface area (Å²) in [6.07, 6.45) is 3.10. The number of hydrogen-bond donors (Lipinski definition) is 2. The normalized spacial score (nSPS) is 10.3. The third-order valence-electron chi connectivity index (χ3n) is 3.04. The van der Waals surface area contributed by atoms with Crippen LogP contribution in [0.5, 0.6) is 0 Å². The molecule has 2 N–H and O–H groups in total. The zero-order valence-electron chi connectivity index (χ0n) is 12.2. The van der Waals surface area contributed by atoms with Gasteiger partial charge in [-0.2, -0.15) is 5.10 Å². The van der Waals surface area contributed by atoms with Crippen molar-refractivity contribution in [3.05, 3.63) is 53.3 Å². The van der Waals surface area contributed by atoms with Crippen LogP contribution in [0.3, 0.4) is 0 Å². The van der Waals surface area contributed by atoms with E-state index in [1.54, 1.807) is 23.1 Å². The molecule has 3 aromatic rings. The molecule has 0 aliphatic rings. The van der Waals surface area contributed by atoms with E-state index in [0.29, 0.717) is 5.82 Å². The van der Waals surface area contributed by atoms with Gasteiger partial charge in [0.15, 0.2) is 5.82 Å². The van der Waals surface area contributed by atoms with Gasteiger partial charge in [0.2, 0.25) is 5.95 Å². The van der Waals surface area contributed by atoms with Crippen molar-refractivity contribution in [2.24, 2.45) is 7.05 Å². The van der Waals surface area contributed by atoms with Crippen LogP contribution in [0, 0.1) is 0 Å². The third-order valence-corrected chi connectivity index (χ3v) is 3.45. The van der Waals surface area contributed by atoms with Gasteiger partial charge in [-0.3, -0.25) is 15.3 Å². The van der Waals surface area contributed by atoms with E-state index in [2.05, 4.69) is 41.6 Å². The van der Waals surface area contributed by atoms with Crippen molar-refractivity contribution in [1.82, 2.24) is 19.7 Å². The first-order valence-electron chi connectivity index (χ1n) is 6.77. The molecule has 0 saturated carbocycles. The minimum atomic E-state index is -0.454. The zero-order valence-corrected chi connectivity index (χ0v) is 13.8. The van der Waals surface area contributed by atoms with Gasteiger partial charge in [0.25, 0.3) is 0 Å². The predicted octanol–water partition coefficient (Wildman–Crippen LogP) is 3.28. The number of carbonyl (C=O) groups is 1. The quantitative estimate of drug-likeness (QED) is 0.738. The molecule has 8 heteroatoms. The molecule has 0 aliphatic carbocycles. The van der Waals surface area contributed by atoms with E-state index in [1.807, 2.05) is 37.4 Å². The first-order valence-corrected chi connectivity index (χ1v) is 7.56. The second-order valence-electron chi connectivity index (χ2n) is 4.71. The maximum absolute atomic E-state index is 12.0. The number of anilines is 2. The maximum Gasteiger partial charge on any atom is 0.327 e. The number of rotatable bonds is 3. The van der Waals surface area contributed by atoms with Gasteiger partial charge < -0.3 is 0 Å². The summed E-state index contributed by atoms with van der Waals surface area (Å²) in [5.74, 6) is 0.658. The molecule has 0 atom stereocenters. The van der Waals surface area contributed by atoms with Crippen molar-refractivity contribution in [1.29, 1.82) is 0 Å². The van der Waals surface area contributed by atoms with Crippen LogP contribution in [-0.2, 0) is 7.05 Å². The Hall–Kier alpha value is -2.74. The highest BCUT2D eigenvalue weighted by atomic mass is 79.9. The number of aryl methyl sites for hydroxylation is 1. The molecule has 0 spiro atoms. The summed E-state index contributed by atoms with van der Waals surface area (Å²) >= 11 is 3.23. The van der Waals surface area contributed by atoms with E-state index in [9.17, 15) is 4.79 Å². The standard InChI is InChI=1S/C15H13BrN6O/c1-22-12(10-5-3-2-4-6-10)7-13(21-22)19-15(23)20-14-17-8-11(16)9-18-14/h2-9H,1H3,(H2,17,18,19,20,21,23). The number of nitrogens with one attached hydrogen (secondary N) is 2. The van der Waals surface area contributed by atoms with E-state index in [4.69, 9.17) is 0 Å². The molecule has 2 aromatic heterocycles. The first-order chi connectivity index (χ1) is 11.1. The molecular weight excluding hydrogens is 360 g/mol. The van der Waals surface area contributed by atoms with Crippen LogP contribution < -0.4 is 10.6 Å². The average Bonchev–Trinajstić information content (AvgIpc) is 2.91. The van der Waals surface area contributed by atoms with Crippen molar-refractivity contribution in [2.45, 2.75) is 0 Å². The lowest BCUT2D eigenvalue weighted by atomic mass is 10.1. The molecule has 2 heterocycles. The SMILES string of the molecule is Cn1nc(NC(=O)Nc2ncc(Br)cn2)cc1-c1ccccc1. The largest absolute Gasteiger partial charge is 0.327 e. The predicted molar refractivity (Wildman–Crippen MR) is 91.0 cm³/mol. The molecule has 0 aliphatic heterocycles. The van der Waals surface area contributed by atoms with Crippen LogP contribution in [0.25, 0.3) is 11.3 Å². The Morgan fingerprint density at radius 2 is 1.83 bits per heavy atom. The molecule has 0 radical (unpaired) electrons. The molecule has 0 unspecified atom stereocenters. The van der Waals surface area contributed by atoms with Gasteiger partial charge in [0, 0.05) is 25.5 Å². The van der Waals surface area contributed by atoms with Crippen LogP contribution in [0.1, 0.15) is 0 Å². The zero-order chi connectivity index (χ0) is 16.2. The smallest absolute Gasteiger partial charge is 0.290 e. The number of urea groups is 1. The molecule has 2 amide bonds. The van der Waals surface area contributed by atoms with E-state index < -0.39 is 6.03 Å². The van der Waals surface area contributed by atoms with Gasteiger partial charge in [-0.1, -0.05) is 30.3 Å². The highest BCUT2D eigenvalue weighted by molar-refractivity contribution is 9.10. The molecule has 7 nitrogen and oxygen atoms in total. The fourth-order valence-electron chi connectivity index (χ4n) is 2.03. The van der Waals surface area contributed by atoms with Crippen molar-refractivity contribution < 1.29 is 4.79 Å². The fourth-order valence-corrected chi connectivity index (χ4v) is 2.24. The summed E-state index contributed by atoms with van der Waals surface area (Å²) < 4.78 is 2.45. The van der Waals surface area contributed by atoms with Crippen LogP contribution in [-0.4, -0.2) is 25.8 Å². The lowest BCUT2D eigenvalue weighted by Gasteiger charge is -2.03. The number of nitrogens with zero attached hydrogens (tertiary/aromatic N) is 4. The molecule has 23 heavy (non-hydrogen) atoms. The maximum atomic E-state index is 12.0. The van der Waals surface area contributed by atoms with E-state index in [1.165, 1.54) is 0 Å². The second-order valence-corrected chi connectivity index (χ2v) is 5.62. The van der Waals surface area contributed by atoms with Gasteiger partial charge >= 0.3 is 6.03 Å². The van der Waals surface area contributed by atoms with Gasteiger partial charge in [-0.05, 0) is 21.5 Å². The topological polar surface area (TPSA) is 84.7 Å². The highest BCUT2D eigenvalue weighted by Crippen LogP contribution is 2.21. The second kappa shape index (κ2) is 6.57. The van der Waals surface area contributed by atoms with Gasteiger partial charge in [-0.25, -0.2) is 14.8 Å². The van der Waals surface area contributed by atoms with Crippen LogP contribution in [0.4, 0.5) is 16.6 Å². The molecule has 0 bridgehead atoms. The van der Waals surface area contributed by atoms with E-state index in [0.717, 1.165) is 15.7 Å². The van der Waals surface area contributed by atoms with Crippen LogP contribution in [0.2, 0.25) is 0 Å². The Morgan fingerprint density at radius 1 is 1.13 bits per heavy atom. The van der Waals surface area contributed by atoms with Gasteiger partial charge in [0.05, 0.1) is 10.2 Å². The summed E-state index contributed by atoms with van der Waals surface area (Å²) in [7, 11) is 1.82. The van der Waals surface area contributed by atoms with E-state index >= 15 is 0 Å². The molecule has 1 aromatic carbocycles. The number of hydrogen-bond acceptors (Lipinski definition) is 4. The molecular formula is C15H13BrN6O. The number of halogens is 1.